The van der Waals surface area contributed by atoms with Crippen molar-refractivity contribution in [3.8, 4) is 11.5 Å². The van der Waals surface area contributed by atoms with E-state index >= 15 is 0 Å². The first-order valence-corrected chi connectivity index (χ1v) is 15.9. The van der Waals surface area contributed by atoms with Gasteiger partial charge in [-0.1, -0.05) is 59.7 Å². The summed E-state index contributed by atoms with van der Waals surface area (Å²) in [5, 5.41) is 4.31. The number of halogens is 2. The van der Waals surface area contributed by atoms with Crippen LogP contribution in [-0.4, -0.2) is 45.8 Å². The largest absolute Gasteiger partial charge is 0.493 e. The SMILES string of the molecule is COc1cc(/C=C2\SC(=S)N(CC(=O)Nc3ncc(Cc4cc(Cl)cc(Cl)c4)s3)C2=O)ccc1OC1CCCCC1. The minimum absolute atomic E-state index is 0.198. The standard InChI is InChI=1S/C29H27Cl2N3O4S3/c1-37-24-12-17(7-8-23(24)38-21-5-3-2-4-6-21)13-25-27(36)34(29(39)41-25)16-26(35)33-28-32-15-22(40-28)11-18-9-19(30)14-20(31)10-18/h7-10,12-15,21H,2-6,11,16H2,1H3,(H,32,33,35)/b25-13-. The van der Waals surface area contributed by atoms with Crippen LogP contribution < -0.4 is 14.8 Å². The van der Waals surface area contributed by atoms with Crippen LogP contribution in [0.2, 0.25) is 10.0 Å². The number of thioether (sulfide) groups is 1. The van der Waals surface area contributed by atoms with Crippen molar-refractivity contribution in [3.05, 3.63) is 73.5 Å². The molecule has 0 unspecified atom stereocenters. The van der Waals surface area contributed by atoms with Crippen molar-refractivity contribution in [2.45, 2.75) is 44.6 Å². The summed E-state index contributed by atoms with van der Waals surface area (Å²) in [6.07, 6.45) is 9.91. The van der Waals surface area contributed by atoms with Crippen LogP contribution >= 0.6 is 58.5 Å². The maximum absolute atomic E-state index is 13.1. The molecule has 1 saturated carbocycles. The number of amides is 2. The van der Waals surface area contributed by atoms with Crippen LogP contribution in [0.1, 0.15) is 48.1 Å². The van der Waals surface area contributed by atoms with Crippen molar-refractivity contribution < 1.29 is 19.1 Å². The molecule has 2 aliphatic rings. The van der Waals surface area contributed by atoms with Crippen LogP contribution in [0, 0.1) is 0 Å². The van der Waals surface area contributed by atoms with Crippen LogP contribution in [0.4, 0.5) is 5.13 Å². The molecule has 1 aliphatic carbocycles. The zero-order valence-electron chi connectivity index (χ0n) is 22.2. The number of hydrogen-bond donors (Lipinski definition) is 1. The molecule has 1 saturated heterocycles. The molecule has 41 heavy (non-hydrogen) atoms. The van der Waals surface area contributed by atoms with Gasteiger partial charge >= 0.3 is 0 Å². The van der Waals surface area contributed by atoms with Crippen LogP contribution in [0.25, 0.3) is 6.08 Å². The minimum Gasteiger partial charge on any atom is -0.493 e. The Morgan fingerprint density at radius 2 is 1.90 bits per heavy atom. The fourth-order valence-electron chi connectivity index (χ4n) is 4.69. The van der Waals surface area contributed by atoms with Crippen molar-refractivity contribution in [1.29, 1.82) is 0 Å². The Balaban J connectivity index is 1.19. The molecule has 7 nitrogen and oxygen atoms in total. The smallest absolute Gasteiger partial charge is 0.266 e. The zero-order chi connectivity index (χ0) is 28.9. The molecule has 5 rings (SSSR count). The predicted molar refractivity (Wildman–Crippen MR) is 170 cm³/mol. The van der Waals surface area contributed by atoms with Crippen molar-refractivity contribution in [3.63, 3.8) is 0 Å². The minimum atomic E-state index is -0.389. The highest BCUT2D eigenvalue weighted by Crippen LogP contribution is 2.36. The second kappa shape index (κ2) is 13.6. The second-order valence-corrected chi connectivity index (χ2v) is 13.4. The van der Waals surface area contributed by atoms with Crippen molar-refractivity contribution in [1.82, 2.24) is 9.88 Å². The van der Waals surface area contributed by atoms with Crippen molar-refractivity contribution in [2.75, 3.05) is 19.0 Å². The average molecular weight is 649 g/mol. The molecular weight excluding hydrogens is 621 g/mol. The second-order valence-electron chi connectivity index (χ2n) is 9.69. The van der Waals surface area contributed by atoms with Crippen molar-refractivity contribution >= 4 is 85.9 Å². The normalized spacial score (nSPS) is 16.9. The van der Waals surface area contributed by atoms with Gasteiger partial charge in [-0.15, -0.1) is 11.3 Å². The van der Waals surface area contributed by atoms with Crippen LogP contribution in [0.5, 0.6) is 11.5 Å². The van der Waals surface area contributed by atoms with Crippen LogP contribution in [-0.2, 0) is 16.0 Å². The quantitative estimate of drug-likeness (QED) is 0.189. The fourth-order valence-corrected chi connectivity index (χ4v) is 7.37. The Bertz CT molecular complexity index is 1480. The van der Waals surface area contributed by atoms with E-state index in [9.17, 15) is 9.59 Å². The first-order valence-electron chi connectivity index (χ1n) is 13.1. The number of hydrogen-bond acceptors (Lipinski definition) is 8. The topological polar surface area (TPSA) is 80.8 Å². The van der Waals surface area contributed by atoms with Gasteiger partial charge in [-0.3, -0.25) is 14.5 Å². The summed E-state index contributed by atoms with van der Waals surface area (Å²) in [7, 11) is 1.60. The molecule has 1 N–H and O–H groups in total. The molecule has 0 bridgehead atoms. The number of nitrogens with zero attached hydrogens (tertiary/aromatic N) is 2. The van der Waals surface area contributed by atoms with E-state index in [0.29, 0.717) is 42.3 Å². The molecule has 0 radical (unpaired) electrons. The van der Waals surface area contributed by atoms with Crippen LogP contribution in [0.3, 0.4) is 0 Å². The number of rotatable bonds is 9. The third-order valence-corrected chi connectivity index (χ3v) is 9.33. The molecule has 2 heterocycles. The highest BCUT2D eigenvalue weighted by Gasteiger charge is 2.33. The molecule has 0 spiro atoms. The number of ether oxygens (including phenoxy) is 2. The van der Waals surface area contributed by atoms with E-state index in [0.717, 1.165) is 40.6 Å². The van der Waals surface area contributed by atoms with E-state index in [-0.39, 0.29) is 24.5 Å². The number of methoxy groups -OCH3 is 1. The third-order valence-electron chi connectivity index (χ3n) is 6.61. The van der Waals surface area contributed by atoms with E-state index in [1.165, 1.54) is 35.5 Å². The summed E-state index contributed by atoms with van der Waals surface area (Å²) in [5.41, 5.74) is 1.72. The Morgan fingerprint density at radius 1 is 1.15 bits per heavy atom. The highest BCUT2D eigenvalue weighted by atomic mass is 35.5. The maximum atomic E-state index is 13.1. The Labute approximate surface area is 262 Å². The number of carbonyl (C=O) groups is 2. The van der Waals surface area contributed by atoms with Gasteiger partial charge in [0, 0.05) is 27.5 Å². The number of thiocarbonyl (C=S) groups is 1. The first-order chi connectivity index (χ1) is 19.8. The fraction of sp³-hybridized carbons (Fsp3) is 0.310. The number of thiazole rings is 1. The number of benzene rings is 2. The lowest BCUT2D eigenvalue weighted by Gasteiger charge is -2.24. The van der Waals surface area contributed by atoms with E-state index in [1.807, 2.05) is 30.3 Å². The average Bonchev–Trinajstić information content (AvgIpc) is 3.48. The summed E-state index contributed by atoms with van der Waals surface area (Å²) < 4.78 is 12.1. The van der Waals surface area contributed by atoms with E-state index in [1.54, 1.807) is 25.4 Å². The van der Waals surface area contributed by atoms with Gasteiger partial charge in [-0.25, -0.2) is 4.98 Å². The maximum Gasteiger partial charge on any atom is 0.266 e. The Hall–Kier alpha value is -2.63. The van der Waals surface area contributed by atoms with Gasteiger partial charge in [-0.05, 0) is 73.2 Å². The predicted octanol–water partition coefficient (Wildman–Crippen LogP) is 7.60. The summed E-state index contributed by atoms with van der Waals surface area (Å²) >= 11 is 20.1. The lowest BCUT2D eigenvalue weighted by Crippen LogP contribution is -2.36. The van der Waals surface area contributed by atoms with Gasteiger partial charge in [0.25, 0.3) is 5.91 Å². The summed E-state index contributed by atoms with van der Waals surface area (Å²) in [5.74, 6) is 0.595. The van der Waals surface area contributed by atoms with E-state index in [2.05, 4.69) is 10.3 Å². The summed E-state index contributed by atoms with van der Waals surface area (Å²) in [6, 6.07) is 10.9. The number of carbonyl (C=O) groups excluding carboxylic acids is 2. The number of anilines is 1. The van der Waals surface area contributed by atoms with Crippen LogP contribution in [0.15, 0.2) is 47.5 Å². The molecule has 2 amide bonds. The summed E-state index contributed by atoms with van der Waals surface area (Å²) in [4.78, 5) is 32.8. The number of aromatic nitrogens is 1. The molecule has 214 valence electrons. The van der Waals surface area contributed by atoms with Crippen molar-refractivity contribution in [2.24, 2.45) is 0 Å². The molecule has 2 aromatic carbocycles. The van der Waals surface area contributed by atoms with Gasteiger partial charge < -0.3 is 14.8 Å². The lowest BCUT2D eigenvalue weighted by molar-refractivity contribution is -0.126. The van der Waals surface area contributed by atoms with Gasteiger partial charge in [-0.2, -0.15) is 0 Å². The molecule has 1 aromatic heterocycles. The summed E-state index contributed by atoms with van der Waals surface area (Å²) in [6.45, 7) is -0.210. The van der Waals surface area contributed by atoms with Gasteiger partial charge in [0.05, 0.1) is 18.1 Å². The first kappa shape index (κ1) is 29.8. The molecule has 3 aromatic rings. The molecule has 0 atom stereocenters. The third kappa shape index (κ3) is 7.81. The molecule has 1 aliphatic heterocycles. The van der Waals surface area contributed by atoms with Gasteiger partial charge in [0.15, 0.2) is 16.6 Å². The molecule has 2 fully saturated rings. The Morgan fingerprint density at radius 3 is 2.63 bits per heavy atom. The van der Waals surface area contributed by atoms with E-state index in [4.69, 9.17) is 44.9 Å². The monoisotopic (exact) mass is 647 g/mol. The number of nitrogens with one attached hydrogen (secondary N) is 1. The lowest BCUT2D eigenvalue weighted by atomic mass is 9.98. The van der Waals surface area contributed by atoms with Gasteiger partial charge in [0.1, 0.15) is 10.9 Å². The zero-order valence-corrected chi connectivity index (χ0v) is 26.1. The Kier molecular flexibility index (Phi) is 9.87. The molecule has 12 heteroatoms. The molecular formula is C29H27Cl2N3O4S3. The van der Waals surface area contributed by atoms with E-state index < -0.39 is 0 Å². The van der Waals surface area contributed by atoms with Gasteiger partial charge in [0.2, 0.25) is 5.91 Å². The highest BCUT2D eigenvalue weighted by molar-refractivity contribution is 8.26.